The standard InChI is InChI=1S/C17H30O5/c1-5-6-7-8-9-10-11-12-13(14(18)15(19)20)16(21)22-17(2,3)4/h13H,5-12H2,1-4H3,(H,19,20). The molecular weight excluding hydrogens is 284 g/mol. The summed E-state index contributed by atoms with van der Waals surface area (Å²) in [6.07, 6.45) is 7.59. The van der Waals surface area contributed by atoms with E-state index in [9.17, 15) is 14.4 Å². The topological polar surface area (TPSA) is 80.7 Å². The van der Waals surface area contributed by atoms with Crippen molar-refractivity contribution in [3.8, 4) is 0 Å². The van der Waals surface area contributed by atoms with Gasteiger partial charge in [-0.25, -0.2) is 4.79 Å². The summed E-state index contributed by atoms with van der Waals surface area (Å²) >= 11 is 0. The molecule has 0 saturated carbocycles. The predicted molar refractivity (Wildman–Crippen MR) is 84.6 cm³/mol. The van der Waals surface area contributed by atoms with Gasteiger partial charge in [0.25, 0.3) is 5.78 Å². The maximum atomic E-state index is 12.0. The van der Waals surface area contributed by atoms with Gasteiger partial charge in [-0.05, 0) is 27.2 Å². The number of hydrogen-bond donors (Lipinski definition) is 1. The molecule has 0 fully saturated rings. The van der Waals surface area contributed by atoms with Crippen LogP contribution in [0, 0.1) is 5.92 Å². The lowest BCUT2D eigenvalue weighted by Crippen LogP contribution is -2.35. The van der Waals surface area contributed by atoms with Gasteiger partial charge in [0.15, 0.2) is 0 Å². The zero-order chi connectivity index (χ0) is 17.2. The first-order valence-electron chi connectivity index (χ1n) is 8.19. The Balaban J connectivity index is 4.35. The molecule has 0 aromatic rings. The third-order valence-electron chi connectivity index (χ3n) is 3.31. The van der Waals surface area contributed by atoms with E-state index in [4.69, 9.17) is 9.84 Å². The van der Waals surface area contributed by atoms with Crippen LogP contribution in [0.2, 0.25) is 0 Å². The molecule has 0 saturated heterocycles. The first-order chi connectivity index (χ1) is 10.2. The van der Waals surface area contributed by atoms with Crippen molar-refractivity contribution in [2.45, 2.75) is 84.7 Å². The first-order valence-corrected chi connectivity index (χ1v) is 8.19. The molecule has 1 unspecified atom stereocenters. The molecule has 0 aromatic carbocycles. The molecule has 0 heterocycles. The summed E-state index contributed by atoms with van der Waals surface area (Å²) in [6.45, 7) is 7.24. The summed E-state index contributed by atoms with van der Waals surface area (Å²) in [7, 11) is 0. The minimum atomic E-state index is -1.57. The Morgan fingerprint density at radius 3 is 1.91 bits per heavy atom. The monoisotopic (exact) mass is 314 g/mol. The second kappa shape index (κ2) is 10.4. The highest BCUT2D eigenvalue weighted by Crippen LogP contribution is 2.18. The zero-order valence-electron chi connectivity index (χ0n) is 14.3. The fraction of sp³-hybridized carbons (Fsp3) is 0.824. The van der Waals surface area contributed by atoms with Crippen molar-refractivity contribution in [1.82, 2.24) is 0 Å². The van der Waals surface area contributed by atoms with Gasteiger partial charge in [0.05, 0.1) is 0 Å². The van der Waals surface area contributed by atoms with E-state index in [-0.39, 0.29) is 6.42 Å². The van der Waals surface area contributed by atoms with Gasteiger partial charge < -0.3 is 9.84 Å². The number of esters is 1. The lowest BCUT2D eigenvalue weighted by molar-refractivity contribution is -0.166. The van der Waals surface area contributed by atoms with E-state index >= 15 is 0 Å². The van der Waals surface area contributed by atoms with E-state index in [0.717, 1.165) is 19.3 Å². The molecular formula is C17H30O5. The number of hydrogen-bond acceptors (Lipinski definition) is 4. The van der Waals surface area contributed by atoms with Gasteiger partial charge in [0, 0.05) is 0 Å². The maximum absolute atomic E-state index is 12.0. The fourth-order valence-electron chi connectivity index (χ4n) is 2.18. The molecule has 0 bridgehead atoms. The van der Waals surface area contributed by atoms with Gasteiger partial charge in [-0.2, -0.15) is 0 Å². The summed E-state index contributed by atoms with van der Waals surface area (Å²) in [6, 6.07) is 0. The van der Waals surface area contributed by atoms with Crippen LogP contribution >= 0.6 is 0 Å². The Morgan fingerprint density at radius 2 is 1.45 bits per heavy atom. The number of ether oxygens (including phenoxy) is 1. The second-order valence-corrected chi connectivity index (χ2v) is 6.67. The number of carbonyl (C=O) groups is 3. The lowest BCUT2D eigenvalue weighted by atomic mass is 9.95. The quantitative estimate of drug-likeness (QED) is 0.272. The van der Waals surface area contributed by atoms with Gasteiger partial charge in [-0.15, -0.1) is 0 Å². The van der Waals surface area contributed by atoms with Gasteiger partial charge in [-0.3, -0.25) is 9.59 Å². The molecule has 0 amide bonds. The van der Waals surface area contributed by atoms with Crippen molar-refractivity contribution in [1.29, 1.82) is 0 Å². The number of carboxylic acids is 1. The second-order valence-electron chi connectivity index (χ2n) is 6.67. The lowest BCUT2D eigenvalue weighted by Gasteiger charge is -2.22. The normalized spacial score (nSPS) is 12.7. The number of ketones is 1. The third kappa shape index (κ3) is 9.53. The van der Waals surface area contributed by atoms with Gasteiger partial charge in [0.1, 0.15) is 11.5 Å². The Morgan fingerprint density at radius 1 is 0.955 bits per heavy atom. The molecule has 0 aliphatic heterocycles. The van der Waals surface area contributed by atoms with Crippen LogP contribution < -0.4 is 0 Å². The van der Waals surface area contributed by atoms with Crippen molar-refractivity contribution in [3.63, 3.8) is 0 Å². The van der Waals surface area contributed by atoms with Crippen molar-refractivity contribution in [3.05, 3.63) is 0 Å². The number of aliphatic carboxylic acids is 1. The molecule has 1 N–H and O–H groups in total. The molecule has 5 heteroatoms. The Bertz CT molecular complexity index is 368. The fourth-order valence-corrected chi connectivity index (χ4v) is 2.18. The molecule has 128 valence electrons. The smallest absolute Gasteiger partial charge is 0.373 e. The van der Waals surface area contributed by atoms with Crippen LogP contribution in [0.15, 0.2) is 0 Å². The number of carbonyl (C=O) groups excluding carboxylic acids is 2. The highest BCUT2D eigenvalue weighted by molar-refractivity contribution is 6.37. The van der Waals surface area contributed by atoms with E-state index in [0.29, 0.717) is 6.42 Å². The molecule has 0 rings (SSSR count). The van der Waals surface area contributed by atoms with E-state index in [1.165, 1.54) is 19.3 Å². The molecule has 0 aromatic heterocycles. The highest BCUT2D eigenvalue weighted by Gasteiger charge is 2.34. The van der Waals surface area contributed by atoms with Crippen LogP contribution in [-0.2, 0) is 19.1 Å². The highest BCUT2D eigenvalue weighted by atomic mass is 16.6. The molecule has 0 radical (unpaired) electrons. The van der Waals surface area contributed by atoms with Crippen molar-refractivity contribution in [2.24, 2.45) is 5.92 Å². The number of carboxylic acid groups (broad SMARTS) is 1. The summed E-state index contributed by atoms with van der Waals surface area (Å²) in [4.78, 5) is 34.5. The Hall–Kier alpha value is -1.39. The van der Waals surface area contributed by atoms with E-state index in [2.05, 4.69) is 6.92 Å². The molecule has 22 heavy (non-hydrogen) atoms. The van der Waals surface area contributed by atoms with E-state index in [1.807, 2.05) is 0 Å². The van der Waals surface area contributed by atoms with Crippen LogP contribution in [0.1, 0.15) is 79.1 Å². The van der Waals surface area contributed by atoms with Crippen LogP contribution in [0.3, 0.4) is 0 Å². The van der Waals surface area contributed by atoms with E-state index < -0.39 is 29.2 Å². The minimum absolute atomic E-state index is 0.244. The largest absolute Gasteiger partial charge is 0.475 e. The maximum Gasteiger partial charge on any atom is 0.373 e. The Kier molecular flexibility index (Phi) is 9.70. The predicted octanol–water partition coefficient (Wildman–Crippen LogP) is 3.74. The third-order valence-corrected chi connectivity index (χ3v) is 3.31. The van der Waals surface area contributed by atoms with Crippen LogP contribution in [0.25, 0.3) is 0 Å². The summed E-state index contributed by atoms with van der Waals surface area (Å²) in [5, 5.41) is 8.84. The van der Waals surface area contributed by atoms with Gasteiger partial charge >= 0.3 is 11.9 Å². The average Bonchev–Trinajstić information content (AvgIpc) is 2.39. The molecule has 0 spiro atoms. The number of unbranched alkanes of at least 4 members (excludes halogenated alkanes) is 6. The van der Waals surface area contributed by atoms with Gasteiger partial charge in [0.2, 0.25) is 0 Å². The van der Waals surface area contributed by atoms with Crippen molar-refractivity contribution >= 4 is 17.7 Å². The minimum Gasteiger partial charge on any atom is -0.475 e. The summed E-state index contributed by atoms with van der Waals surface area (Å²) < 4.78 is 5.16. The van der Waals surface area contributed by atoms with Crippen molar-refractivity contribution in [2.75, 3.05) is 0 Å². The average molecular weight is 314 g/mol. The molecule has 0 aliphatic rings. The molecule has 1 atom stereocenters. The van der Waals surface area contributed by atoms with Gasteiger partial charge in [-0.1, -0.05) is 51.9 Å². The van der Waals surface area contributed by atoms with E-state index in [1.54, 1.807) is 20.8 Å². The summed E-state index contributed by atoms with van der Waals surface area (Å²) in [5.74, 6) is -4.56. The Labute approximate surface area is 133 Å². The summed E-state index contributed by atoms with van der Waals surface area (Å²) in [5.41, 5.74) is -0.728. The zero-order valence-corrected chi connectivity index (χ0v) is 14.3. The van der Waals surface area contributed by atoms with Crippen molar-refractivity contribution < 1.29 is 24.2 Å². The van der Waals surface area contributed by atoms with Crippen LogP contribution in [0.4, 0.5) is 0 Å². The number of Topliss-reactive ketones (excluding diaryl/α,β-unsaturated/α-hetero) is 1. The van der Waals surface area contributed by atoms with Crippen LogP contribution in [-0.4, -0.2) is 28.4 Å². The number of rotatable bonds is 11. The SMILES string of the molecule is CCCCCCCCCC(C(=O)OC(C)(C)C)C(=O)C(=O)O. The molecule has 0 aliphatic carbocycles. The first kappa shape index (κ1) is 20.6. The van der Waals surface area contributed by atoms with Crippen LogP contribution in [0.5, 0.6) is 0 Å². The molecule has 5 nitrogen and oxygen atoms in total.